The van der Waals surface area contributed by atoms with Crippen LogP contribution >= 0.6 is 0 Å². The van der Waals surface area contributed by atoms with Gasteiger partial charge < -0.3 is 10.4 Å². The van der Waals surface area contributed by atoms with Gasteiger partial charge in [0.05, 0.1) is 6.61 Å². The van der Waals surface area contributed by atoms with Crippen molar-refractivity contribution in [3.8, 4) is 0 Å². The average Bonchev–Trinajstić information content (AvgIpc) is 2.26. The van der Waals surface area contributed by atoms with Crippen LogP contribution in [-0.2, 0) is 12.8 Å². The maximum atomic E-state index is 8.73. The predicted molar refractivity (Wildman–Crippen MR) is 57.3 cm³/mol. The highest BCUT2D eigenvalue weighted by molar-refractivity contribution is 5.30. The lowest BCUT2D eigenvalue weighted by Gasteiger charge is -2.25. The van der Waals surface area contributed by atoms with Gasteiger partial charge in [0, 0.05) is 12.6 Å². The Kier molecular flexibility index (Phi) is 3.17. The van der Waals surface area contributed by atoms with Gasteiger partial charge in [0.25, 0.3) is 0 Å². The second-order valence-electron chi connectivity index (χ2n) is 3.89. The van der Waals surface area contributed by atoms with Crippen LogP contribution < -0.4 is 5.32 Å². The van der Waals surface area contributed by atoms with Gasteiger partial charge in [-0.3, -0.25) is 0 Å². The van der Waals surface area contributed by atoms with Crippen molar-refractivity contribution in [2.75, 3.05) is 13.2 Å². The fourth-order valence-corrected chi connectivity index (χ4v) is 2.14. The summed E-state index contributed by atoms with van der Waals surface area (Å²) in [6.07, 6.45) is 3.46. The van der Waals surface area contributed by atoms with Gasteiger partial charge in [-0.2, -0.15) is 0 Å². The summed E-state index contributed by atoms with van der Waals surface area (Å²) >= 11 is 0. The van der Waals surface area contributed by atoms with E-state index in [4.69, 9.17) is 5.11 Å². The Morgan fingerprint density at radius 3 is 2.86 bits per heavy atom. The van der Waals surface area contributed by atoms with Gasteiger partial charge in [0.15, 0.2) is 0 Å². The maximum Gasteiger partial charge on any atom is 0.0556 e. The van der Waals surface area contributed by atoms with Crippen molar-refractivity contribution >= 4 is 0 Å². The van der Waals surface area contributed by atoms with Crippen molar-refractivity contribution in [1.82, 2.24) is 5.32 Å². The van der Waals surface area contributed by atoms with Crippen molar-refractivity contribution in [3.05, 3.63) is 35.4 Å². The molecule has 2 nitrogen and oxygen atoms in total. The number of aliphatic hydroxyl groups excluding tert-OH is 1. The smallest absolute Gasteiger partial charge is 0.0556 e. The highest BCUT2D eigenvalue weighted by Gasteiger charge is 2.16. The molecule has 0 bridgehead atoms. The molecule has 1 unspecified atom stereocenters. The molecule has 2 rings (SSSR count). The summed E-state index contributed by atoms with van der Waals surface area (Å²) in [5, 5.41) is 12.1. The van der Waals surface area contributed by atoms with Crippen LogP contribution in [0.4, 0.5) is 0 Å². The summed E-state index contributed by atoms with van der Waals surface area (Å²) in [5.41, 5.74) is 2.96. The minimum absolute atomic E-state index is 0.234. The summed E-state index contributed by atoms with van der Waals surface area (Å²) in [6, 6.07) is 9.20. The first-order chi connectivity index (χ1) is 6.90. The molecule has 0 amide bonds. The van der Waals surface area contributed by atoms with E-state index in [1.54, 1.807) is 0 Å². The predicted octanol–water partition coefficient (Wildman–Crippen LogP) is 1.13. The van der Waals surface area contributed by atoms with E-state index < -0.39 is 0 Å². The maximum absolute atomic E-state index is 8.73. The van der Waals surface area contributed by atoms with E-state index in [1.807, 2.05) is 0 Å². The third kappa shape index (κ3) is 2.14. The Labute approximate surface area is 85.0 Å². The molecule has 1 atom stereocenters. The lowest BCUT2D eigenvalue weighted by molar-refractivity contribution is 0.280. The Balaban J connectivity index is 1.99. The molecular formula is C12H17NO. The second kappa shape index (κ2) is 4.58. The molecule has 0 saturated carbocycles. The zero-order chi connectivity index (χ0) is 9.80. The Hall–Kier alpha value is -0.860. The highest BCUT2D eigenvalue weighted by atomic mass is 16.3. The fourth-order valence-electron chi connectivity index (χ4n) is 2.14. The SMILES string of the molecule is OCCNC1CCc2ccccc2C1. The zero-order valence-electron chi connectivity index (χ0n) is 8.37. The summed E-state index contributed by atoms with van der Waals surface area (Å²) in [7, 11) is 0. The molecule has 1 aliphatic rings. The largest absolute Gasteiger partial charge is 0.395 e. The van der Waals surface area contributed by atoms with Crippen LogP contribution in [0.5, 0.6) is 0 Å². The van der Waals surface area contributed by atoms with E-state index in [2.05, 4.69) is 29.6 Å². The molecule has 14 heavy (non-hydrogen) atoms. The zero-order valence-corrected chi connectivity index (χ0v) is 8.37. The van der Waals surface area contributed by atoms with Crippen LogP contribution in [0.3, 0.4) is 0 Å². The molecule has 0 radical (unpaired) electrons. The molecular weight excluding hydrogens is 174 g/mol. The van der Waals surface area contributed by atoms with Crippen molar-refractivity contribution in [2.45, 2.75) is 25.3 Å². The molecule has 0 fully saturated rings. The number of benzene rings is 1. The van der Waals surface area contributed by atoms with Gasteiger partial charge in [-0.25, -0.2) is 0 Å². The van der Waals surface area contributed by atoms with Crippen LogP contribution in [-0.4, -0.2) is 24.3 Å². The molecule has 0 aliphatic heterocycles. The van der Waals surface area contributed by atoms with Crippen LogP contribution in [0.1, 0.15) is 17.5 Å². The first-order valence-electron chi connectivity index (χ1n) is 5.31. The molecule has 1 aromatic rings. The van der Waals surface area contributed by atoms with Crippen molar-refractivity contribution in [2.24, 2.45) is 0 Å². The van der Waals surface area contributed by atoms with E-state index in [-0.39, 0.29) is 6.61 Å². The summed E-state index contributed by atoms with van der Waals surface area (Å²) < 4.78 is 0. The van der Waals surface area contributed by atoms with E-state index in [1.165, 1.54) is 24.0 Å². The number of aliphatic hydroxyl groups is 1. The van der Waals surface area contributed by atoms with Gasteiger partial charge in [0.2, 0.25) is 0 Å². The number of hydrogen-bond acceptors (Lipinski definition) is 2. The van der Waals surface area contributed by atoms with Crippen molar-refractivity contribution in [3.63, 3.8) is 0 Å². The van der Waals surface area contributed by atoms with Crippen LogP contribution in [0.15, 0.2) is 24.3 Å². The van der Waals surface area contributed by atoms with Gasteiger partial charge in [-0.1, -0.05) is 24.3 Å². The number of aryl methyl sites for hydroxylation is 1. The molecule has 1 aliphatic carbocycles. The summed E-state index contributed by atoms with van der Waals surface area (Å²) in [5.74, 6) is 0. The van der Waals surface area contributed by atoms with Gasteiger partial charge in [0.1, 0.15) is 0 Å². The van der Waals surface area contributed by atoms with E-state index in [9.17, 15) is 0 Å². The topological polar surface area (TPSA) is 32.3 Å². The molecule has 2 N–H and O–H groups in total. The number of nitrogens with one attached hydrogen (secondary N) is 1. The van der Waals surface area contributed by atoms with Gasteiger partial charge in [-0.05, 0) is 30.4 Å². The third-order valence-electron chi connectivity index (χ3n) is 2.89. The first kappa shape index (κ1) is 9.69. The normalized spacial score (nSPS) is 20.5. The fraction of sp³-hybridized carbons (Fsp3) is 0.500. The van der Waals surface area contributed by atoms with Gasteiger partial charge in [-0.15, -0.1) is 0 Å². The molecule has 1 aromatic carbocycles. The molecule has 0 heterocycles. The Bertz CT molecular complexity index is 298. The minimum Gasteiger partial charge on any atom is -0.395 e. The first-order valence-corrected chi connectivity index (χ1v) is 5.31. The molecule has 0 spiro atoms. The third-order valence-corrected chi connectivity index (χ3v) is 2.89. The second-order valence-corrected chi connectivity index (χ2v) is 3.89. The lowest BCUT2D eigenvalue weighted by Crippen LogP contribution is -2.36. The molecule has 76 valence electrons. The summed E-state index contributed by atoms with van der Waals surface area (Å²) in [6.45, 7) is 0.949. The monoisotopic (exact) mass is 191 g/mol. The van der Waals surface area contributed by atoms with Crippen LogP contribution in [0.25, 0.3) is 0 Å². The Morgan fingerprint density at radius 1 is 1.29 bits per heavy atom. The van der Waals surface area contributed by atoms with E-state index in [0.717, 1.165) is 6.42 Å². The van der Waals surface area contributed by atoms with Crippen LogP contribution in [0, 0.1) is 0 Å². The van der Waals surface area contributed by atoms with Crippen molar-refractivity contribution in [1.29, 1.82) is 0 Å². The molecule has 0 aromatic heterocycles. The molecule has 2 heteroatoms. The Morgan fingerprint density at radius 2 is 2.07 bits per heavy atom. The molecule has 0 saturated heterocycles. The highest BCUT2D eigenvalue weighted by Crippen LogP contribution is 2.20. The number of fused-ring (bicyclic) bond motifs is 1. The van der Waals surface area contributed by atoms with E-state index >= 15 is 0 Å². The van der Waals surface area contributed by atoms with E-state index in [0.29, 0.717) is 12.6 Å². The quantitative estimate of drug-likeness (QED) is 0.750. The average molecular weight is 191 g/mol. The summed E-state index contributed by atoms with van der Waals surface area (Å²) in [4.78, 5) is 0. The number of rotatable bonds is 3. The number of hydrogen-bond donors (Lipinski definition) is 2. The minimum atomic E-state index is 0.234. The lowest BCUT2D eigenvalue weighted by atomic mass is 9.88. The van der Waals surface area contributed by atoms with Crippen LogP contribution in [0.2, 0.25) is 0 Å². The van der Waals surface area contributed by atoms with Gasteiger partial charge >= 0.3 is 0 Å². The van der Waals surface area contributed by atoms with Crippen molar-refractivity contribution < 1.29 is 5.11 Å². The standard InChI is InChI=1S/C12H17NO/c14-8-7-13-12-6-5-10-3-1-2-4-11(10)9-12/h1-4,12-14H,5-9H2.